The molecule has 0 radical (unpaired) electrons. The van der Waals surface area contributed by atoms with Crippen LogP contribution in [0.15, 0.2) is 71.0 Å². The maximum absolute atomic E-state index is 13.8. The number of aromatic hydroxyl groups is 1. The molecule has 1 aromatic heterocycles. The number of para-hydroxylation sites is 1. The van der Waals surface area contributed by atoms with Gasteiger partial charge in [-0.3, -0.25) is 20.0 Å². The topological polar surface area (TPSA) is 243 Å². The molecule has 0 unspecified atom stereocenters. The van der Waals surface area contributed by atoms with Crippen LogP contribution in [0.25, 0.3) is 0 Å². The van der Waals surface area contributed by atoms with Crippen molar-refractivity contribution in [1.29, 1.82) is 0 Å². The first-order chi connectivity index (χ1) is 27.7. The summed E-state index contributed by atoms with van der Waals surface area (Å²) in [6, 6.07) is 12.4. The zero-order valence-electron chi connectivity index (χ0n) is 32.5. The van der Waals surface area contributed by atoms with Crippen molar-refractivity contribution >= 4 is 59.5 Å². The Labute approximate surface area is 340 Å². The third kappa shape index (κ3) is 12.3. The average Bonchev–Trinajstić information content (AvgIpc) is 3.42. The molecule has 3 aromatic rings. The molecule has 0 saturated carbocycles. The number of alkyl halides is 3. The second-order valence-electron chi connectivity index (χ2n) is 13.7. The molecular formula is C37H43F3N8O10S. The summed E-state index contributed by atoms with van der Waals surface area (Å²) in [6.07, 6.45) is -2.71. The summed E-state index contributed by atoms with van der Waals surface area (Å²) in [7, 11) is 3.26. The Morgan fingerprint density at radius 2 is 1.73 bits per heavy atom. The van der Waals surface area contributed by atoms with Gasteiger partial charge in [0.1, 0.15) is 40.7 Å². The molecule has 2 aliphatic rings. The number of aromatic nitrogens is 2. The monoisotopic (exact) mass is 848 g/mol. The number of fused-ring (bicyclic) bond motifs is 1. The van der Waals surface area contributed by atoms with Crippen molar-refractivity contribution in [3.05, 3.63) is 77.1 Å². The summed E-state index contributed by atoms with van der Waals surface area (Å²) < 4.78 is 51.0. The van der Waals surface area contributed by atoms with Crippen molar-refractivity contribution in [1.82, 2.24) is 20.2 Å². The first-order valence-electron chi connectivity index (χ1n) is 17.6. The Kier molecular flexibility index (Phi) is 14.8. The number of carbonyl (C=O) groups excluding carboxylic acids is 5. The normalized spacial score (nSPS) is 16.3. The number of methoxy groups -OCH3 is 1. The zero-order chi connectivity index (χ0) is 43.7. The molecule has 2 aliphatic heterocycles. The Balaban J connectivity index is 0.00000101. The minimum Gasteiger partial charge on any atom is -0.542 e. The minimum atomic E-state index is -5.19. The van der Waals surface area contributed by atoms with E-state index in [1.807, 2.05) is 0 Å². The highest BCUT2D eigenvalue weighted by molar-refractivity contribution is 8.00. The lowest BCUT2D eigenvalue weighted by Crippen LogP contribution is -2.64. The van der Waals surface area contributed by atoms with Gasteiger partial charge in [0.25, 0.3) is 5.91 Å². The zero-order valence-corrected chi connectivity index (χ0v) is 33.3. The lowest BCUT2D eigenvalue weighted by Gasteiger charge is -2.47. The number of nitrogens with zero attached hydrogens (tertiary/aromatic N) is 4. The number of benzene rings is 2. The molecule has 4 amide bonds. The van der Waals surface area contributed by atoms with E-state index >= 15 is 0 Å². The molecule has 5 rings (SSSR count). The molecule has 1 saturated heterocycles. The van der Waals surface area contributed by atoms with E-state index in [4.69, 9.17) is 29.8 Å². The number of carboxylic acid groups (broad SMARTS) is 1. The number of nitrogens with one attached hydrogen (secondary N) is 3. The van der Waals surface area contributed by atoms with Crippen LogP contribution in [0.1, 0.15) is 31.9 Å². The van der Waals surface area contributed by atoms with Crippen LogP contribution >= 0.6 is 11.8 Å². The van der Waals surface area contributed by atoms with Gasteiger partial charge < -0.3 is 45.6 Å². The van der Waals surface area contributed by atoms with E-state index in [0.29, 0.717) is 28.3 Å². The molecule has 3 heterocycles. The maximum atomic E-state index is 13.8. The molecule has 318 valence electrons. The number of amides is 4. The number of nitrogen functional groups attached to an aromatic ring is 1. The Morgan fingerprint density at radius 3 is 2.34 bits per heavy atom. The van der Waals surface area contributed by atoms with Crippen LogP contribution in [-0.2, 0) is 44.1 Å². The number of rotatable bonds is 12. The number of aliphatic imine (C=N–C) groups is 1. The summed E-state index contributed by atoms with van der Waals surface area (Å²) in [5, 5.41) is 26.4. The van der Waals surface area contributed by atoms with E-state index in [2.05, 4.69) is 20.9 Å². The molecule has 2 aromatic carbocycles. The van der Waals surface area contributed by atoms with E-state index in [1.54, 1.807) is 93.0 Å². The highest BCUT2D eigenvalue weighted by Crippen LogP contribution is 2.42. The summed E-state index contributed by atoms with van der Waals surface area (Å²) in [4.78, 5) is 66.5. The average molecular weight is 849 g/mol. The van der Waals surface area contributed by atoms with Crippen LogP contribution in [0, 0.1) is 0 Å². The van der Waals surface area contributed by atoms with Crippen molar-refractivity contribution < 1.29 is 66.2 Å². The van der Waals surface area contributed by atoms with Gasteiger partial charge in [-0.1, -0.05) is 24.3 Å². The van der Waals surface area contributed by atoms with Gasteiger partial charge in [0.2, 0.25) is 6.20 Å². The number of ether oxygens (including phenoxy) is 3. The SMILES string of the molecule is COc1ccc(COC(=O)C2=C(C[n+]3cc(NC(=O)NCCNC(=O)OC(C)(C)C)c(N)n3C)CS[C@@H]3[C@H](/N=C\c4ccccc4O)C(=O)N23)cc1.O=C([O-])C(F)(F)F. The number of carbonyl (C=O) groups is 5. The lowest BCUT2D eigenvalue weighted by atomic mass is 10.0. The predicted molar refractivity (Wildman–Crippen MR) is 205 cm³/mol. The second kappa shape index (κ2) is 19.3. The van der Waals surface area contributed by atoms with Gasteiger partial charge in [-0.2, -0.15) is 13.2 Å². The molecule has 1 fully saturated rings. The summed E-state index contributed by atoms with van der Waals surface area (Å²) in [5.41, 5.74) is 7.93. The van der Waals surface area contributed by atoms with Crippen molar-refractivity contribution in [3.8, 4) is 11.5 Å². The first-order valence-corrected chi connectivity index (χ1v) is 18.7. The summed E-state index contributed by atoms with van der Waals surface area (Å²) >= 11 is 1.45. The first kappa shape index (κ1) is 45.3. The van der Waals surface area contributed by atoms with Crippen molar-refractivity contribution in [2.45, 2.75) is 57.1 Å². The number of nitrogens with two attached hydrogens (primary N) is 1. The number of thioether (sulfide) groups is 1. The highest BCUT2D eigenvalue weighted by Gasteiger charge is 2.54. The van der Waals surface area contributed by atoms with Crippen LogP contribution in [0.5, 0.6) is 11.5 Å². The molecule has 0 spiro atoms. The van der Waals surface area contributed by atoms with E-state index in [-0.39, 0.29) is 49.4 Å². The third-order valence-electron chi connectivity index (χ3n) is 8.25. The standard InChI is InChI=1S/C35H42N8O8S.C2HF3O2/c1-35(2,3)51-34(48)38-15-14-37-33(47)40-25-18-42(41(4)29(25)36)17-23-20-52-31-27(39-16-22-8-6-7-9-26(22)44)30(45)43(31)28(23)32(46)50-19-21-10-12-24(49-5)13-11-21;3-2(4,5)1(6)7/h6-13,16,18,27,31,36H,14-15,17,19-20H2,1-5H3,(H4,37,38,39,40,44,47,48);(H,6,7)/t27-,31-;/m1./s1. The van der Waals surface area contributed by atoms with Crippen LogP contribution in [0.4, 0.5) is 34.3 Å². The minimum absolute atomic E-state index is 0.0327. The molecule has 0 bridgehead atoms. The number of esters is 1. The van der Waals surface area contributed by atoms with Gasteiger partial charge >= 0.3 is 24.3 Å². The number of alkyl carbamates (subject to hydrolysis) is 1. The highest BCUT2D eigenvalue weighted by atomic mass is 32.2. The lowest BCUT2D eigenvalue weighted by molar-refractivity contribution is -0.765. The Hall–Kier alpha value is -6.45. The van der Waals surface area contributed by atoms with Gasteiger partial charge in [-0.15, -0.1) is 21.1 Å². The third-order valence-corrected chi connectivity index (χ3v) is 9.58. The van der Waals surface area contributed by atoms with Gasteiger partial charge in [0, 0.05) is 36.2 Å². The molecular weight excluding hydrogens is 806 g/mol. The van der Waals surface area contributed by atoms with Gasteiger partial charge in [-0.25, -0.2) is 14.4 Å². The smallest absolute Gasteiger partial charge is 0.430 e. The number of phenolic OH excluding ortho intramolecular Hbond substituents is 1. The van der Waals surface area contributed by atoms with Gasteiger partial charge in [0.15, 0.2) is 24.1 Å². The fourth-order valence-electron chi connectivity index (χ4n) is 5.35. The van der Waals surface area contributed by atoms with E-state index in [0.717, 1.165) is 5.56 Å². The number of hydrogen-bond acceptors (Lipinski definition) is 13. The number of carboxylic acids is 1. The number of urea groups is 1. The predicted octanol–water partition coefficient (Wildman–Crippen LogP) is 1.95. The molecule has 6 N–H and O–H groups in total. The second-order valence-corrected chi connectivity index (χ2v) is 14.8. The molecule has 18 nitrogen and oxygen atoms in total. The Morgan fingerprint density at radius 1 is 1.08 bits per heavy atom. The van der Waals surface area contributed by atoms with Crippen LogP contribution in [0.2, 0.25) is 0 Å². The summed E-state index contributed by atoms with van der Waals surface area (Å²) in [6.45, 7) is 5.65. The number of halogens is 3. The van der Waals surface area contributed by atoms with Crippen LogP contribution in [0.3, 0.4) is 0 Å². The molecule has 2 atom stereocenters. The number of hydrogen-bond donors (Lipinski definition) is 5. The van der Waals surface area contributed by atoms with E-state index < -0.39 is 47.3 Å². The fourth-order valence-corrected chi connectivity index (χ4v) is 6.68. The van der Waals surface area contributed by atoms with Crippen LogP contribution < -0.4 is 36.2 Å². The quantitative estimate of drug-likeness (QED) is 0.0578. The van der Waals surface area contributed by atoms with Crippen LogP contribution in [-0.4, -0.2) is 100 Å². The van der Waals surface area contributed by atoms with Crippen molar-refractivity contribution in [2.75, 3.05) is 37.0 Å². The maximum Gasteiger partial charge on any atom is 0.430 e. The van der Waals surface area contributed by atoms with Gasteiger partial charge in [0.05, 0.1) is 14.2 Å². The molecule has 0 aliphatic carbocycles. The molecule has 59 heavy (non-hydrogen) atoms. The van der Waals surface area contributed by atoms with Crippen molar-refractivity contribution in [2.24, 2.45) is 12.0 Å². The summed E-state index contributed by atoms with van der Waals surface area (Å²) in [5.74, 6) is -2.75. The van der Waals surface area contributed by atoms with E-state index in [9.17, 15) is 37.5 Å². The number of β-lactam (4-membered cyclic amide) rings is 1. The fraction of sp³-hybridized carbons (Fsp3) is 0.378. The number of aliphatic carboxylic acids is 1. The van der Waals surface area contributed by atoms with Gasteiger partial charge in [-0.05, 0) is 50.6 Å². The molecule has 22 heteroatoms. The Bertz CT molecular complexity index is 2100. The number of anilines is 2. The number of phenols is 1. The van der Waals surface area contributed by atoms with Crippen molar-refractivity contribution in [3.63, 3.8) is 0 Å². The largest absolute Gasteiger partial charge is 0.542 e. The van der Waals surface area contributed by atoms with E-state index in [1.165, 1.54) is 28.9 Å².